The summed E-state index contributed by atoms with van der Waals surface area (Å²) in [5, 5.41) is 0. The summed E-state index contributed by atoms with van der Waals surface area (Å²) in [6.45, 7) is 1.86. The van der Waals surface area contributed by atoms with Crippen molar-refractivity contribution in [3.05, 3.63) is 29.6 Å². The summed E-state index contributed by atoms with van der Waals surface area (Å²) >= 11 is 0. The van der Waals surface area contributed by atoms with Crippen LogP contribution in [0.25, 0.3) is 0 Å². The number of piperazine rings is 1. The van der Waals surface area contributed by atoms with Crippen LogP contribution in [0.15, 0.2) is 18.2 Å². The van der Waals surface area contributed by atoms with Gasteiger partial charge in [-0.2, -0.15) is 0 Å². The fourth-order valence-corrected chi connectivity index (χ4v) is 1.91. The molecule has 0 spiro atoms. The Kier molecular flexibility index (Phi) is 3.45. The molecule has 1 aliphatic heterocycles. The fraction of sp³-hybridized carbons (Fsp3) is 0.333. The number of carbonyl (C=O) groups excluding carboxylic acids is 2. The Morgan fingerprint density at radius 1 is 1.28 bits per heavy atom. The van der Waals surface area contributed by atoms with E-state index in [0.717, 1.165) is 12.5 Å². The first kappa shape index (κ1) is 12.3. The maximum absolute atomic E-state index is 13.1. The van der Waals surface area contributed by atoms with Crippen LogP contribution in [0.5, 0.6) is 0 Å². The van der Waals surface area contributed by atoms with E-state index in [1.807, 2.05) is 0 Å². The highest BCUT2D eigenvalue weighted by Gasteiger charge is 2.22. The van der Waals surface area contributed by atoms with Crippen LogP contribution in [0, 0.1) is 5.82 Å². The normalized spacial score (nSPS) is 15.6. The van der Waals surface area contributed by atoms with Crippen molar-refractivity contribution in [2.24, 2.45) is 0 Å². The zero-order valence-electron chi connectivity index (χ0n) is 9.80. The molecule has 2 N–H and O–H groups in total. The minimum atomic E-state index is -0.487. The van der Waals surface area contributed by atoms with Gasteiger partial charge in [0.2, 0.25) is 6.41 Å². The molecule has 1 heterocycles. The van der Waals surface area contributed by atoms with Crippen molar-refractivity contribution >= 4 is 18.0 Å². The number of nitrogen functional groups attached to an aromatic ring is 1. The van der Waals surface area contributed by atoms with Crippen molar-refractivity contribution in [1.82, 2.24) is 9.80 Å². The number of rotatable bonds is 2. The summed E-state index contributed by atoms with van der Waals surface area (Å²) in [6.07, 6.45) is 0.762. The van der Waals surface area contributed by atoms with Gasteiger partial charge >= 0.3 is 0 Å². The third-order valence-electron chi connectivity index (χ3n) is 3.00. The monoisotopic (exact) mass is 251 g/mol. The SMILES string of the molecule is Nc1ccc(F)cc1C(=O)N1CCN(C=O)CC1. The molecule has 0 bridgehead atoms. The lowest BCUT2D eigenvalue weighted by Gasteiger charge is -2.32. The quantitative estimate of drug-likeness (QED) is 0.608. The summed E-state index contributed by atoms with van der Waals surface area (Å²) in [7, 11) is 0. The van der Waals surface area contributed by atoms with E-state index >= 15 is 0 Å². The maximum atomic E-state index is 13.1. The van der Waals surface area contributed by atoms with Gasteiger partial charge in [0.05, 0.1) is 5.56 Å². The first-order chi connectivity index (χ1) is 8.61. The van der Waals surface area contributed by atoms with Gasteiger partial charge in [-0.15, -0.1) is 0 Å². The molecule has 0 aliphatic carbocycles. The van der Waals surface area contributed by atoms with Gasteiger partial charge in [0.25, 0.3) is 5.91 Å². The Balaban J connectivity index is 2.12. The van der Waals surface area contributed by atoms with Crippen molar-refractivity contribution in [1.29, 1.82) is 0 Å². The molecular formula is C12H14FN3O2. The molecule has 1 aromatic rings. The molecular weight excluding hydrogens is 237 g/mol. The van der Waals surface area contributed by atoms with Gasteiger partial charge in [0.1, 0.15) is 5.82 Å². The molecule has 2 amide bonds. The lowest BCUT2D eigenvalue weighted by molar-refractivity contribution is -0.119. The predicted octanol–water partition coefficient (Wildman–Crippen LogP) is 0.322. The highest BCUT2D eigenvalue weighted by Crippen LogP contribution is 2.16. The van der Waals surface area contributed by atoms with Gasteiger partial charge in [-0.1, -0.05) is 0 Å². The molecule has 6 heteroatoms. The van der Waals surface area contributed by atoms with Gasteiger partial charge in [-0.05, 0) is 18.2 Å². The number of halogens is 1. The standard InChI is InChI=1S/C12H14FN3O2/c13-9-1-2-11(14)10(7-9)12(18)16-5-3-15(8-17)4-6-16/h1-2,7-8H,3-6,14H2. The lowest BCUT2D eigenvalue weighted by Crippen LogP contribution is -2.48. The molecule has 1 aliphatic rings. The summed E-state index contributed by atoms with van der Waals surface area (Å²) in [4.78, 5) is 25.9. The molecule has 0 atom stereocenters. The van der Waals surface area contributed by atoms with E-state index in [2.05, 4.69) is 0 Å². The van der Waals surface area contributed by atoms with E-state index in [-0.39, 0.29) is 17.2 Å². The van der Waals surface area contributed by atoms with Crippen LogP contribution in [0.3, 0.4) is 0 Å². The van der Waals surface area contributed by atoms with Crippen LogP contribution in [0.4, 0.5) is 10.1 Å². The molecule has 1 fully saturated rings. The number of benzene rings is 1. The number of anilines is 1. The van der Waals surface area contributed by atoms with Crippen molar-refractivity contribution in [2.75, 3.05) is 31.9 Å². The second-order valence-electron chi connectivity index (χ2n) is 4.17. The van der Waals surface area contributed by atoms with Gasteiger partial charge in [-0.3, -0.25) is 9.59 Å². The lowest BCUT2D eigenvalue weighted by atomic mass is 10.1. The summed E-state index contributed by atoms with van der Waals surface area (Å²) < 4.78 is 13.1. The zero-order valence-corrected chi connectivity index (χ0v) is 9.80. The average molecular weight is 251 g/mol. The Labute approximate surface area is 104 Å². The Hall–Kier alpha value is -2.11. The van der Waals surface area contributed by atoms with Crippen molar-refractivity contribution in [3.63, 3.8) is 0 Å². The van der Waals surface area contributed by atoms with E-state index in [0.29, 0.717) is 26.2 Å². The molecule has 5 nitrogen and oxygen atoms in total. The summed E-state index contributed by atoms with van der Waals surface area (Å²) in [6, 6.07) is 3.74. The molecule has 0 radical (unpaired) electrons. The van der Waals surface area contributed by atoms with Crippen LogP contribution in [-0.4, -0.2) is 48.3 Å². The van der Waals surface area contributed by atoms with Gasteiger partial charge in [0.15, 0.2) is 0 Å². The summed E-state index contributed by atoms with van der Waals surface area (Å²) in [5.41, 5.74) is 6.11. The number of hydrogen-bond donors (Lipinski definition) is 1. The van der Waals surface area contributed by atoms with E-state index in [1.54, 1.807) is 9.80 Å². The molecule has 1 aromatic carbocycles. The van der Waals surface area contributed by atoms with Crippen LogP contribution in [0.2, 0.25) is 0 Å². The number of nitrogens with two attached hydrogens (primary N) is 1. The average Bonchev–Trinajstić information content (AvgIpc) is 2.41. The maximum Gasteiger partial charge on any atom is 0.256 e. The number of hydrogen-bond acceptors (Lipinski definition) is 3. The van der Waals surface area contributed by atoms with E-state index in [4.69, 9.17) is 5.73 Å². The molecule has 1 saturated heterocycles. The Morgan fingerprint density at radius 3 is 2.56 bits per heavy atom. The van der Waals surface area contributed by atoms with Crippen molar-refractivity contribution in [2.45, 2.75) is 0 Å². The van der Waals surface area contributed by atoms with E-state index < -0.39 is 5.82 Å². The number of nitrogens with zero attached hydrogens (tertiary/aromatic N) is 2. The molecule has 96 valence electrons. The Bertz CT molecular complexity index is 470. The minimum absolute atomic E-state index is 0.176. The van der Waals surface area contributed by atoms with Gasteiger partial charge < -0.3 is 15.5 Å². The second kappa shape index (κ2) is 5.03. The highest BCUT2D eigenvalue weighted by atomic mass is 19.1. The molecule has 2 rings (SSSR count). The van der Waals surface area contributed by atoms with Crippen LogP contribution in [0.1, 0.15) is 10.4 Å². The minimum Gasteiger partial charge on any atom is -0.398 e. The first-order valence-corrected chi connectivity index (χ1v) is 5.65. The molecule has 0 unspecified atom stereocenters. The van der Waals surface area contributed by atoms with Crippen molar-refractivity contribution < 1.29 is 14.0 Å². The third-order valence-corrected chi connectivity index (χ3v) is 3.00. The van der Waals surface area contributed by atoms with Crippen LogP contribution >= 0.6 is 0 Å². The topological polar surface area (TPSA) is 66.6 Å². The molecule has 0 aromatic heterocycles. The molecule has 0 saturated carbocycles. The smallest absolute Gasteiger partial charge is 0.256 e. The third kappa shape index (κ3) is 2.42. The van der Waals surface area contributed by atoms with Gasteiger partial charge in [-0.25, -0.2) is 4.39 Å². The number of amides is 2. The largest absolute Gasteiger partial charge is 0.398 e. The van der Waals surface area contributed by atoms with E-state index in [9.17, 15) is 14.0 Å². The summed E-state index contributed by atoms with van der Waals surface area (Å²) in [5.74, 6) is -0.781. The second-order valence-corrected chi connectivity index (χ2v) is 4.17. The van der Waals surface area contributed by atoms with Gasteiger partial charge in [0, 0.05) is 31.9 Å². The zero-order chi connectivity index (χ0) is 13.1. The Morgan fingerprint density at radius 2 is 1.94 bits per heavy atom. The van der Waals surface area contributed by atoms with Crippen LogP contribution in [-0.2, 0) is 4.79 Å². The number of carbonyl (C=O) groups is 2. The fourth-order valence-electron chi connectivity index (χ4n) is 1.91. The van der Waals surface area contributed by atoms with Crippen molar-refractivity contribution in [3.8, 4) is 0 Å². The van der Waals surface area contributed by atoms with E-state index in [1.165, 1.54) is 12.1 Å². The van der Waals surface area contributed by atoms with Crippen LogP contribution < -0.4 is 5.73 Å². The predicted molar refractivity (Wildman–Crippen MR) is 64.4 cm³/mol. The molecule has 18 heavy (non-hydrogen) atoms. The first-order valence-electron chi connectivity index (χ1n) is 5.65. The highest BCUT2D eigenvalue weighted by molar-refractivity contribution is 5.99.